The second-order valence-corrected chi connectivity index (χ2v) is 8.12. The molecule has 0 unspecified atom stereocenters. The summed E-state index contributed by atoms with van der Waals surface area (Å²) in [5.74, 6) is -2.89. The van der Waals surface area contributed by atoms with Crippen molar-refractivity contribution in [2.45, 2.75) is 0 Å². The molecule has 36 heavy (non-hydrogen) atoms. The standard InChI is InChI=1S/2C14H8O4/c15-9-5-1-3-7-11(9)14(18)12-8(13(7)17)4-2-6-10(12)16;15-9-5-6-10(16)12-11(9)13(17)7-3-1-2-4-8(7)14(12)18/h2*1-6,15-16H. The van der Waals surface area contributed by atoms with E-state index < -0.39 is 17.3 Å². The molecule has 0 amide bonds. The Morgan fingerprint density at radius 1 is 0.333 bits per heavy atom. The van der Waals surface area contributed by atoms with E-state index in [9.17, 15) is 39.6 Å². The minimum absolute atomic E-state index is 0.0449. The minimum Gasteiger partial charge on any atom is -0.507 e. The van der Waals surface area contributed by atoms with Gasteiger partial charge in [0.05, 0.1) is 22.3 Å². The number of phenols is 4. The number of hydrogen-bond acceptors (Lipinski definition) is 8. The number of hydrogen-bond donors (Lipinski definition) is 4. The molecule has 0 fully saturated rings. The Morgan fingerprint density at radius 3 is 1.11 bits per heavy atom. The van der Waals surface area contributed by atoms with Crippen LogP contribution >= 0.6 is 0 Å². The molecule has 0 aromatic heterocycles. The van der Waals surface area contributed by atoms with Gasteiger partial charge in [0, 0.05) is 22.3 Å². The Bertz CT molecular complexity index is 1530. The van der Waals surface area contributed by atoms with Crippen LogP contribution < -0.4 is 0 Å². The molecule has 2 aliphatic rings. The van der Waals surface area contributed by atoms with E-state index in [1.807, 2.05) is 0 Å². The SMILES string of the molecule is O=C1c2cccc(O)c2C(=O)c2c(O)cccc21.O=C1c2ccccc2C(=O)c2c(O)ccc(O)c21. The van der Waals surface area contributed by atoms with Crippen molar-refractivity contribution in [2.24, 2.45) is 0 Å². The Balaban J connectivity index is 0.000000148. The maximum Gasteiger partial charge on any atom is 0.201 e. The summed E-state index contributed by atoms with van der Waals surface area (Å²) in [4.78, 5) is 48.8. The number of rotatable bonds is 0. The highest BCUT2D eigenvalue weighted by molar-refractivity contribution is 6.31. The van der Waals surface area contributed by atoms with E-state index in [0.717, 1.165) is 0 Å². The normalized spacial score (nSPS) is 13.1. The van der Waals surface area contributed by atoms with Gasteiger partial charge in [0.1, 0.15) is 23.0 Å². The van der Waals surface area contributed by atoms with Crippen molar-refractivity contribution in [1.29, 1.82) is 0 Å². The zero-order valence-corrected chi connectivity index (χ0v) is 18.4. The number of carbonyl (C=O) groups excluding carboxylic acids is 4. The third-order valence-electron chi connectivity index (χ3n) is 6.06. The number of phenolic OH excluding ortho intramolecular Hbond substituents is 4. The lowest BCUT2D eigenvalue weighted by Gasteiger charge is -2.18. The van der Waals surface area contributed by atoms with Gasteiger partial charge in [-0.05, 0) is 24.3 Å². The molecular weight excluding hydrogens is 464 g/mol. The van der Waals surface area contributed by atoms with Crippen molar-refractivity contribution < 1.29 is 39.6 Å². The van der Waals surface area contributed by atoms with Crippen LogP contribution in [-0.4, -0.2) is 43.6 Å². The van der Waals surface area contributed by atoms with Gasteiger partial charge >= 0.3 is 0 Å². The van der Waals surface area contributed by atoms with Gasteiger partial charge in [-0.3, -0.25) is 19.2 Å². The molecule has 4 aromatic rings. The van der Waals surface area contributed by atoms with Crippen molar-refractivity contribution in [3.05, 3.63) is 117 Å². The fraction of sp³-hybridized carbons (Fsp3) is 0. The first kappa shape index (κ1) is 22.5. The van der Waals surface area contributed by atoms with E-state index in [0.29, 0.717) is 0 Å². The first-order valence-corrected chi connectivity index (χ1v) is 10.7. The Hall–Kier alpha value is -5.24. The van der Waals surface area contributed by atoms with Gasteiger partial charge in [-0.15, -0.1) is 0 Å². The zero-order valence-electron chi connectivity index (χ0n) is 18.4. The van der Waals surface area contributed by atoms with Gasteiger partial charge in [-0.1, -0.05) is 48.5 Å². The van der Waals surface area contributed by atoms with E-state index in [2.05, 4.69) is 0 Å². The van der Waals surface area contributed by atoms with Gasteiger partial charge in [-0.25, -0.2) is 0 Å². The van der Waals surface area contributed by atoms with Crippen molar-refractivity contribution in [3.8, 4) is 23.0 Å². The molecule has 8 heteroatoms. The third-order valence-corrected chi connectivity index (χ3v) is 6.06. The average molecular weight is 480 g/mol. The van der Waals surface area contributed by atoms with E-state index in [-0.39, 0.29) is 73.3 Å². The Kier molecular flexibility index (Phi) is 5.14. The molecule has 0 atom stereocenters. The summed E-state index contributed by atoms with van der Waals surface area (Å²) in [7, 11) is 0. The molecule has 0 bridgehead atoms. The van der Waals surface area contributed by atoms with Crippen molar-refractivity contribution >= 4 is 23.1 Å². The predicted octanol–water partition coefficient (Wildman–Crippen LogP) is 3.75. The lowest BCUT2D eigenvalue weighted by Crippen LogP contribution is -2.20. The van der Waals surface area contributed by atoms with Crippen LogP contribution in [0.5, 0.6) is 23.0 Å². The van der Waals surface area contributed by atoms with Crippen LogP contribution in [0.15, 0.2) is 72.8 Å². The minimum atomic E-state index is -0.532. The van der Waals surface area contributed by atoms with Gasteiger partial charge in [0.2, 0.25) is 5.78 Å². The van der Waals surface area contributed by atoms with Gasteiger partial charge < -0.3 is 20.4 Å². The molecule has 8 nitrogen and oxygen atoms in total. The molecular formula is C28H16O8. The number of fused-ring (bicyclic) bond motifs is 4. The topological polar surface area (TPSA) is 149 Å². The average Bonchev–Trinajstić information content (AvgIpc) is 2.87. The predicted molar refractivity (Wildman–Crippen MR) is 126 cm³/mol. The quantitative estimate of drug-likeness (QED) is 0.240. The van der Waals surface area contributed by atoms with E-state index in [1.165, 1.54) is 60.7 Å². The monoisotopic (exact) mass is 480 g/mol. The fourth-order valence-electron chi connectivity index (χ4n) is 4.39. The third kappa shape index (κ3) is 3.24. The van der Waals surface area contributed by atoms with E-state index in [4.69, 9.17) is 0 Å². The maximum atomic E-state index is 12.2. The molecule has 0 saturated heterocycles. The van der Waals surface area contributed by atoms with Crippen LogP contribution in [0.3, 0.4) is 0 Å². The second-order valence-electron chi connectivity index (χ2n) is 8.12. The van der Waals surface area contributed by atoms with Crippen molar-refractivity contribution in [3.63, 3.8) is 0 Å². The number of benzene rings is 4. The summed E-state index contributed by atoms with van der Waals surface area (Å²) in [5.41, 5.74) is 0.480. The molecule has 0 aliphatic heterocycles. The van der Waals surface area contributed by atoms with E-state index >= 15 is 0 Å². The summed E-state index contributed by atoms with van der Waals surface area (Å²) in [5, 5.41) is 38.8. The van der Waals surface area contributed by atoms with Crippen LogP contribution in [0.4, 0.5) is 0 Å². The highest BCUT2D eigenvalue weighted by Crippen LogP contribution is 2.38. The first-order chi connectivity index (χ1) is 17.2. The molecule has 176 valence electrons. The summed E-state index contributed by atoms with van der Waals surface area (Å²) in [6.45, 7) is 0. The second kappa shape index (κ2) is 8.21. The summed E-state index contributed by atoms with van der Waals surface area (Å²) in [6, 6.07) is 17.4. The van der Waals surface area contributed by atoms with Crippen molar-refractivity contribution in [1.82, 2.24) is 0 Å². The summed E-state index contributed by atoms with van der Waals surface area (Å²) < 4.78 is 0. The molecule has 0 heterocycles. The number of carbonyl (C=O) groups is 4. The van der Waals surface area contributed by atoms with Crippen LogP contribution in [0.2, 0.25) is 0 Å². The zero-order chi connectivity index (χ0) is 25.7. The Morgan fingerprint density at radius 2 is 0.694 bits per heavy atom. The molecule has 0 radical (unpaired) electrons. The number of aromatic hydroxyl groups is 4. The molecule has 6 rings (SSSR count). The van der Waals surface area contributed by atoms with Crippen LogP contribution in [0.1, 0.15) is 63.7 Å². The maximum absolute atomic E-state index is 12.2. The van der Waals surface area contributed by atoms with Gasteiger partial charge in [-0.2, -0.15) is 0 Å². The summed E-state index contributed by atoms with van der Waals surface area (Å²) in [6.07, 6.45) is 0. The molecule has 4 N–H and O–H groups in total. The lowest BCUT2D eigenvalue weighted by molar-refractivity contribution is 0.0974. The van der Waals surface area contributed by atoms with E-state index in [1.54, 1.807) is 12.1 Å². The Labute approximate surface area is 203 Å². The van der Waals surface area contributed by atoms with Gasteiger partial charge in [0.25, 0.3) is 0 Å². The lowest BCUT2D eigenvalue weighted by atomic mass is 9.83. The fourth-order valence-corrected chi connectivity index (χ4v) is 4.39. The largest absolute Gasteiger partial charge is 0.507 e. The first-order valence-electron chi connectivity index (χ1n) is 10.7. The van der Waals surface area contributed by atoms with Crippen molar-refractivity contribution in [2.75, 3.05) is 0 Å². The van der Waals surface area contributed by atoms with Gasteiger partial charge in [0.15, 0.2) is 17.3 Å². The van der Waals surface area contributed by atoms with Crippen LogP contribution in [-0.2, 0) is 0 Å². The highest BCUT2D eigenvalue weighted by atomic mass is 16.3. The van der Waals surface area contributed by atoms with Crippen LogP contribution in [0.25, 0.3) is 0 Å². The molecule has 2 aliphatic carbocycles. The molecule has 0 saturated carbocycles. The highest BCUT2D eigenvalue weighted by Gasteiger charge is 2.35. The summed E-state index contributed by atoms with van der Waals surface area (Å²) >= 11 is 0. The smallest absolute Gasteiger partial charge is 0.201 e. The molecule has 4 aromatic carbocycles. The molecule has 0 spiro atoms. The number of ketones is 4. The van der Waals surface area contributed by atoms with Crippen LogP contribution in [0, 0.1) is 0 Å².